The molecule has 0 saturated heterocycles. The molecule has 26 heavy (non-hydrogen) atoms. The van der Waals surface area contributed by atoms with E-state index in [1.165, 1.54) is 41.1 Å². The maximum absolute atomic E-state index is 12.6. The lowest BCUT2D eigenvalue weighted by molar-refractivity contribution is 0.102. The summed E-state index contributed by atoms with van der Waals surface area (Å²) in [5.74, 6) is -0.342. The second-order valence-electron chi connectivity index (χ2n) is 5.65. The molecule has 0 aliphatic carbocycles. The molecule has 0 atom stereocenters. The number of nitrogens with one attached hydrogen (secondary N) is 2. The van der Waals surface area contributed by atoms with Crippen molar-refractivity contribution in [3.63, 3.8) is 0 Å². The molecule has 1 heterocycles. The van der Waals surface area contributed by atoms with Gasteiger partial charge in [-0.3, -0.25) is 14.8 Å². The Kier molecular flexibility index (Phi) is 5.01. The van der Waals surface area contributed by atoms with Gasteiger partial charge in [0.2, 0.25) is 5.13 Å². The van der Waals surface area contributed by atoms with Crippen LogP contribution in [-0.4, -0.2) is 24.5 Å². The van der Waals surface area contributed by atoms with Crippen LogP contribution in [0.25, 0.3) is 0 Å². The van der Waals surface area contributed by atoms with E-state index in [9.17, 15) is 13.2 Å². The summed E-state index contributed by atoms with van der Waals surface area (Å²) >= 11 is 1.21. The smallest absolute Gasteiger partial charge is 0.262 e. The van der Waals surface area contributed by atoms with E-state index in [0.29, 0.717) is 21.9 Å². The van der Waals surface area contributed by atoms with Crippen molar-refractivity contribution in [1.29, 1.82) is 0 Å². The minimum Gasteiger partial charge on any atom is -0.296 e. The van der Waals surface area contributed by atoms with Crippen LogP contribution >= 0.6 is 11.3 Å². The van der Waals surface area contributed by atoms with E-state index in [4.69, 9.17) is 0 Å². The summed E-state index contributed by atoms with van der Waals surface area (Å²) in [5.41, 5.74) is 3.80. The van der Waals surface area contributed by atoms with E-state index in [1.807, 2.05) is 13.0 Å². The van der Waals surface area contributed by atoms with Crippen LogP contribution in [0, 0.1) is 13.8 Å². The van der Waals surface area contributed by atoms with Crippen molar-refractivity contribution < 1.29 is 13.2 Å². The topological polar surface area (TPSA) is 101 Å². The van der Waals surface area contributed by atoms with Gasteiger partial charge in [0, 0.05) is 11.3 Å². The summed E-state index contributed by atoms with van der Waals surface area (Å²) in [6.45, 7) is 3.58. The van der Waals surface area contributed by atoms with Crippen LogP contribution in [-0.2, 0) is 10.0 Å². The molecule has 0 aliphatic rings. The molecule has 1 aromatic heterocycles. The standard InChI is InChI=1S/C17H16N4O3S2/c1-11-3-4-12(2)15(9-11)26(23,24)21-14-7-5-13(6-8-14)16(22)19-17-20-18-10-25-17/h3-10,21H,1-2H3,(H,19,20,22). The van der Waals surface area contributed by atoms with Gasteiger partial charge in [-0.15, -0.1) is 10.2 Å². The second kappa shape index (κ2) is 7.22. The van der Waals surface area contributed by atoms with E-state index in [1.54, 1.807) is 19.1 Å². The first-order valence-corrected chi connectivity index (χ1v) is 9.99. The van der Waals surface area contributed by atoms with E-state index in [-0.39, 0.29) is 10.8 Å². The van der Waals surface area contributed by atoms with Crippen molar-refractivity contribution in [3.05, 3.63) is 64.7 Å². The minimum absolute atomic E-state index is 0.232. The van der Waals surface area contributed by atoms with E-state index < -0.39 is 10.0 Å². The number of aromatic nitrogens is 2. The predicted octanol–water partition coefficient (Wildman–Crippen LogP) is 3.21. The van der Waals surface area contributed by atoms with Gasteiger partial charge in [0.05, 0.1) is 4.90 Å². The molecule has 2 N–H and O–H groups in total. The number of carbonyl (C=O) groups excluding carboxylic acids is 1. The molecule has 7 nitrogen and oxygen atoms in total. The molecule has 3 rings (SSSR count). The molecule has 9 heteroatoms. The Morgan fingerprint density at radius 3 is 2.46 bits per heavy atom. The lowest BCUT2D eigenvalue weighted by Gasteiger charge is -2.11. The molecular formula is C17H16N4O3S2. The number of rotatable bonds is 5. The molecule has 0 radical (unpaired) electrons. The summed E-state index contributed by atoms with van der Waals surface area (Å²) in [7, 11) is -3.71. The Balaban J connectivity index is 1.76. The van der Waals surface area contributed by atoms with E-state index >= 15 is 0 Å². The fourth-order valence-corrected chi connectivity index (χ4v) is 4.12. The Bertz CT molecular complexity index is 1030. The predicted molar refractivity (Wildman–Crippen MR) is 101 cm³/mol. The zero-order chi connectivity index (χ0) is 18.7. The number of aryl methyl sites for hydroxylation is 2. The molecule has 1 amide bonds. The first-order chi connectivity index (χ1) is 12.3. The molecule has 0 unspecified atom stereocenters. The van der Waals surface area contributed by atoms with E-state index in [0.717, 1.165) is 5.56 Å². The van der Waals surface area contributed by atoms with Gasteiger partial charge >= 0.3 is 0 Å². The number of anilines is 2. The number of hydrogen-bond donors (Lipinski definition) is 2. The maximum atomic E-state index is 12.6. The van der Waals surface area contributed by atoms with Crippen molar-refractivity contribution in [2.45, 2.75) is 18.7 Å². The molecule has 3 aromatic rings. The highest BCUT2D eigenvalue weighted by Crippen LogP contribution is 2.21. The average molecular weight is 388 g/mol. The van der Waals surface area contributed by atoms with Gasteiger partial charge < -0.3 is 0 Å². The van der Waals surface area contributed by atoms with Crippen molar-refractivity contribution in [1.82, 2.24) is 10.2 Å². The fourth-order valence-electron chi connectivity index (χ4n) is 2.29. The lowest BCUT2D eigenvalue weighted by atomic mass is 10.2. The van der Waals surface area contributed by atoms with Crippen LogP contribution < -0.4 is 10.0 Å². The zero-order valence-corrected chi connectivity index (χ0v) is 15.7. The van der Waals surface area contributed by atoms with Gasteiger partial charge in [-0.1, -0.05) is 23.5 Å². The van der Waals surface area contributed by atoms with Crippen LogP contribution in [0.2, 0.25) is 0 Å². The van der Waals surface area contributed by atoms with Crippen molar-refractivity contribution in [3.8, 4) is 0 Å². The van der Waals surface area contributed by atoms with Crippen LogP contribution in [0.1, 0.15) is 21.5 Å². The van der Waals surface area contributed by atoms with E-state index in [2.05, 4.69) is 20.2 Å². The molecule has 0 bridgehead atoms. The normalized spacial score (nSPS) is 11.2. The number of nitrogens with zero attached hydrogens (tertiary/aromatic N) is 2. The first kappa shape index (κ1) is 18.0. The summed E-state index contributed by atoms with van der Waals surface area (Å²) in [5, 5.41) is 10.4. The maximum Gasteiger partial charge on any atom is 0.262 e. The van der Waals surface area contributed by atoms with Crippen LogP contribution in [0.4, 0.5) is 10.8 Å². The van der Waals surface area contributed by atoms with Gasteiger partial charge in [0.25, 0.3) is 15.9 Å². The third-order valence-corrected chi connectivity index (χ3v) is 5.74. The molecule has 0 aliphatic heterocycles. The summed E-state index contributed by atoms with van der Waals surface area (Å²) in [6, 6.07) is 11.4. The van der Waals surface area contributed by atoms with Gasteiger partial charge in [-0.2, -0.15) is 0 Å². The lowest BCUT2D eigenvalue weighted by Crippen LogP contribution is -2.15. The third kappa shape index (κ3) is 4.06. The quantitative estimate of drug-likeness (QED) is 0.699. The van der Waals surface area contributed by atoms with Crippen LogP contribution in [0.5, 0.6) is 0 Å². The molecule has 2 aromatic carbocycles. The third-order valence-electron chi connectivity index (χ3n) is 3.61. The fraction of sp³-hybridized carbons (Fsp3) is 0.118. The largest absolute Gasteiger partial charge is 0.296 e. The second-order valence-corrected chi connectivity index (χ2v) is 8.13. The van der Waals surface area contributed by atoms with Crippen LogP contribution in [0.3, 0.4) is 0 Å². The first-order valence-electron chi connectivity index (χ1n) is 7.63. The van der Waals surface area contributed by atoms with Gasteiger partial charge in [-0.25, -0.2) is 8.42 Å². The summed E-state index contributed by atoms with van der Waals surface area (Å²) < 4.78 is 27.7. The Labute approximate surface area is 155 Å². The summed E-state index contributed by atoms with van der Waals surface area (Å²) in [6.07, 6.45) is 0. The highest BCUT2D eigenvalue weighted by Gasteiger charge is 2.17. The van der Waals surface area contributed by atoms with Gasteiger partial charge in [0.15, 0.2) is 0 Å². The molecule has 0 saturated carbocycles. The van der Waals surface area contributed by atoms with Crippen molar-refractivity contribution in [2.24, 2.45) is 0 Å². The Morgan fingerprint density at radius 2 is 1.81 bits per heavy atom. The Hall–Kier alpha value is -2.78. The Morgan fingerprint density at radius 1 is 1.08 bits per heavy atom. The molecular weight excluding hydrogens is 372 g/mol. The molecule has 0 spiro atoms. The number of hydrogen-bond acceptors (Lipinski definition) is 6. The number of benzene rings is 2. The zero-order valence-electron chi connectivity index (χ0n) is 14.1. The number of amides is 1. The highest BCUT2D eigenvalue weighted by atomic mass is 32.2. The van der Waals surface area contributed by atoms with Crippen LogP contribution in [0.15, 0.2) is 52.9 Å². The van der Waals surface area contributed by atoms with Crippen molar-refractivity contribution in [2.75, 3.05) is 10.0 Å². The number of sulfonamides is 1. The molecule has 0 fully saturated rings. The van der Waals surface area contributed by atoms with Gasteiger partial charge in [0.1, 0.15) is 5.51 Å². The monoisotopic (exact) mass is 388 g/mol. The van der Waals surface area contributed by atoms with Crippen molar-refractivity contribution >= 4 is 38.1 Å². The minimum atomic E-state index is -3.71. The molecule has 134 valence electrons. The highest BCUT2D eigenvalue weighted by molar-refractivity contribution is 7.92. The SMILES string of the molecule is Cc1ccc(C)c(S(=O)(=O)Nc2ccc(C(=O)Nc3nncs3)cc2)c1. The number of carbonyl (C=O) groups is 1. The average Bonchev–Trinajstić information content (AvgIpc) is 3.10. The van der Waals surface area contributed by atoms with Gasteiger partial charge in [-0.05, 0) is 55.3 Å². The summed E-state index contributed by atoms with van der Waals surface area (Å²) in [4.78, 5) is 12.3.